The summed E-state index contributed by atoms with van der Waals surface area (Å²) in [6.07, 6.45) is 4.71. The summed E-state index contributed by atoms with van der Waals surface area (Å²) >= 11 is 0. The van der Waals surface area contributed by atoms with Crippen molar-refractivity contribution in [2.24, 2.45) is 5.73 Å². The van der Waals surface area contributed by atoms with Crippen LogP contribution >= 0.6 is 0 Å². The largest absolute Gasteiger partial charge is 0.328 e. The van der Waals surface area contributed by atoms with Gasteiger partial charge in [0.2, 0.25) is 0 Å². The molecule has 1 aromatic carbocycles. The first kappa shape index (κ1) is 10.7. The molecule has 0 amide bonds. The van der Waals surface area contributed by atoms with Crippen molar-refractivity contribution in [1.82, 2.24) is 5.32 Å². The second-order valence-electron chi connectivity index (χ2n) is 4.47. The molecule has 0 heterocycles. The fraction of sp³-hybridized carbons (Fsp3) is 0.538. The zero-order valence-corrected chi connectivity index (χ0v) is 9.15. The highest BCUT2D eigenvalue weighted by molar-refractivity contribution is 5.14. The minimum atomic E-state index is 0.455. The third kappa shape index (κ3) is 3.33. The first-order valence-corrected chi connectivity index (χ1v) is 5.87. The maximum atomic E-state index is 5.72. The van der Waals surface area contributed by atoms with Gasteiger partial charge in [-0.25, -0.2) is 0 Å². The number of hydrogen-bond acceptors (Lipinski definition) is 2. The summed E-state index contributed by atoms with van der Waals surface area (Å²) in [5.41, 5.74) is 7.16. The lowest BCUT2D eigenvalue weighted by atomic mass is 9.87. The molecular weight excluding hydrogens is 184 g/mol. The van der Waals surface area contributed by atoms with Crippen molar-refractivity contribution < 1.29 is 0 Å². The summed E-state index contributed by atoms with van der Waals surface area (Å²) in [4.78, 5) is 0. The second-order valence-corrected chi connectivity index (χ2v) is 4.47. The molecule has 1 aliphatic rings. The van der Waals surface area contributed by atoms with Gasteiger partial charge in [-0.15, -0.1) is 0 Å². The van der Waals surface area contributed by atoms with Crippen molar-refractivity contribution in [3.63, 3.8) is 0 Å². The van der Waals surface area contributed by atoms with Crippen molar-refractivity contribution in [3.05, 3.63) is 35.9 Å². The second kappa shape index (κ2) is 5.29. The summed E-state index contributed by atoms with van der Waals surface area (Å²) in [5.74, 6) is 0. The van der Waals surface area contributed by atoms with E-state index in [-0.39, 0.29) is 0 Å². The van der Waals surface area contributed by atoms with E-state index in [4.69, 9.17) is 5.73 Å². The average Bonchev–Trinajstić information content (AvgIpc) is 2.23. The maximum absolute atomic E-state index is 5.72. The van der Waals surface area contributed by atoms with Gasteiger partial charge in [0, 0.05) is 12.1 Å². The van der Waals surface area contributed by atoms with Crippen LogP contribution < -0.4 is 11.1 Å². The lowest BCUT2D eigenvalue weighted by molar-refractivity contribution is 0.292. The van der Waals surface area contributed by atoms with Gasteiger partial charge in [-0.2, -0.15) is 0 Å². The smallest absolute Gasteiger partial charge is 0.00965 e. The van der Waals surface area contributed by atoms with E-state index in [9.17, 15) is 0 Å². The van der Waals surface area contributed by atoms with Crippen LogP contribution in [-0.2, 0) is 6.42 Å². The van der Waals surface area contributed by atoms with E-state index in [1.165, 1.54) is 18.4 Å². The third-order valence-electron chi connectivity index (χ3n) is 3.09. The Morgan fingerprint density at radius 1 is 1.20 bits per heavy atom. The average molecular weight is 204 g/mol. The highest BCUT2D eigenvalue weighted by Gasteiger charge is 2.24. The van der Waals surface area contributed by atoms with Crippen LogP contribution in [0, 0.1) is 0 Å². The molecule has 15 heavy (non-hydrogen) atoms. The molecule has 1 saturated carbocycles. The molecule has 0 aromatic heterocycles. The van der Waals surface area contributed by atoms with Gasteiger partial charge in [0.1, 0.15) is 0 Å². The predicted octanol–water partition coefficient (Wildman–Crippen LogP) is 1.70. The Hall–Kier alpha value is -0.860. The molecule has 0 bridgehead atoms. The van der Waals surface area contributed by atoms with Gasteiger partial charge in [0.15, 0.2) is 0 Å². The predicted molar refractivity (Wildman–Crippen MR) is 63.8 cm³/mol. The standard InChI is InChI=1S/C13H20N2/c14-12-9-13(10-12)15-8-4-7-11-5-2-1-3-6-11/h1-3,5-6,12-13,15H,4,7-10,14H2. The van der Waals surface area contributed by atoms with Crippen molar-refractivity contribution >= 4 is 0 Å². The van der Waals surface area contributed by atoms with Crippen molar-refractivity contribution in [2.45, 2.75) is 37.8 Å². The molecule has 0 saturated heterocycles. The molecular formula is C13H20N2. The van der Waals surface area contributed by atoms with E-state index < -0.39 is 0 Å². The van der Waals surface area contributed by atoms with Crippen molar-refractivity contribution in [2.75, 3.05) is 6.54 Å². The molecule has 0 radical (unpaired) electrons. The molecule has 0 aliphatic heterocycles. The van der Waals surface area contributed by atoms with Gasteiger partial charge in [0.25, 0.3) is 0 Å². The van der Waals surface area contributed by atoms with E-state index in [1.54, 1.807) is 0 Å². The van der Waals surface area contributed by atoms with E-state index in [2.05, 4.69) is 35.6 Å². The summed E-state index contributed by atoms with van der Waals surface area (Å²) < 4.78 is 0. The van der Waals surface area contributed by atoms with E-state index in [0.29, 0.717) is 12.1 Å². The maximum Gasteiger partial charge on any atom is 0.00965 e. The molecule has 82 valence electrons. The Morgan fingerprint density at radius 3 is 2.60 bits per heavy atom. The molecule has 3 N–H and O–H groups in total. The molecule has 0 unspecified atom stereocenters. The number of aryl methyl sites for hydroxylation is 1. The van der Waals surface area contributed by atoms with Crippen LogP contribution in [-0.4, -0.2) is 18.6 Å². The molecule has 1 aromatic rings. The van der Waals surface area contributed by atoms with E-state index in [1.807, 2.05) is 0 Å². The molecule has 0 atom stereocenters. The Labute approximate surface area is 91.9 Å². The Morgan fingerprint density at radius 2 is 1.93 bits per heavy atom. The lowest BCUT2D eigenvalue weighted by Gasteiger charge is -2.33. The topological polar surface area (TPSA) is 38.0 Å². The fourth-order valence-electron chi connectivity index (χ4n) is 2.07. The molecule has 2 nitrogen and oxygen atoms in total. The summed E-state index contributed by atoms with van der Waals surface area (Å²) in [6.45, 7) is 1.12. The van der Waals surface area contributed by atoms with Gasteiger partial charge in [-0.05, 0) is 37.8 Å². The summed E-state index contributed by atoms with van der Waals surface area (Å²) in [6, 6.07) is 11.8. The SMILES string of the molecule is NC1CC(NCCCc2ccccc2)C1. The molecule has 1 fully saturated rings. The molecule has 2 heteroatoms. The van der Waals surface area contributed by atoms with Gasteiger partial charge in [-0.3, -0.25) is 0 Å². The number of hydrogen-bond donors (Lipinski definition) is 2. The normalized spacial score (nSPS) is 24.9. The number of nitrogens with one attached hydrogen (secondary N) is 1. The number of benzene rings is 1. The molecule has 0 spiro atoms. The van der Waals surface area contributed by atoms with Gasteiger partial charge < -0.3 is 11.1 Å². The lowest BCUT2D eigenvalue weighted by Crippen LogP contribution is -2.48. The Balaban J connectivity index is 1.56. The van der Waals surface area contributed by atoms with Gasteiger partial charge >= 0.3 is 0 Å². The van der Waals surface area contributed by atoms with E-state index >= 15 is 0 Å². The van der Waals surface area contributed by atoms with Crippen LogP contribution in [0.1, 0.15) is 24.8 Å². The molecule has 2 rings (SSSR count). The summed E-state index contributed by atoms with van der Waals surface area (Å²) in [7, 11) is 0. The summed E-state index contributed by atoms with van der Waals surface area (Å²) in [5, 5.41) is 3.54. The van der Waals surface area contributed by atoms with Crippen LogP contribution in [0.2, 0.25) is 0 Å². The first-order valence-electron chi connectivity index (χ1n) is 5.87. The van der Waals surface area contributed by atoms with Crippen LogP contribution in [0.25, 0.3) is 0 Å². The van der Waals surface area contributed by atoms with Gasteiger partial charge in [0.05, 0.1) is 0 Å². The fourth-order valence-corrected chi connectivity index (χ4v) is 2.07. The zero-order valence-electron chi connectivity index (χ0n) is 9.15. The van der Waals surface area contributed by atoms with Gasteiger partial charge in [-0.1, -0.05) is 30.3 Å². The van der Waals surface area contributed by atoms with Crippen LogP contribution in [0.3, 0.4) is 0 Å². The van der Waals surface area contributed by atoms with Crippen LogP contribution in [0.15, 0.2) is 30.3 Å². The number of nitrogens with two attached hydrogens (primary N) is 1. The van der Waals surface area contributed by atoms with Crippen molar-refractivity contribution in [1.29, 1.82) is 0 Å². The Bertz CT molecular complexity index is 278. The van der Waals surface area contributed by atoms with Crippen molar-refractivity contribution in [3.8, 4) is 0 Å². The molecule has 1 aliphatic carbocycles. The number of rotatable bonds is 5. The highest BCUT2D eigenvalue weighted by Crippen LogP contribution is 2.17. The van der Waals surface area contributed by atoms with Crippen LogP contribution in [0.4, 0.5) is 0 Å². The van der Waals surface area contributed by atoms with E-state index in [0.717, 1.165) is 19.4 Å². The Kier molecular flexibility index (Phi) is 3.75. The monoisotopic (exact) mass is 204 g/mol. The minimum absolute atomic E-state index is 0.455. The zero-order chi connectivity index (χ0) is 10.5. The minimum Gasteiger partial charge on any atom is -0.328 e. The third-order valence-corrected chi connectivity index (χ3v) is 3.09. The first-order chi connectivity index (χ1) is 7.34. The highest BCUT2D eigenvalue weighted by atomic mass is 14.9. The quantitative estimate of drug-likeness (QED) is 0.716. The van der Waals surface area contributed by atoms with Crippen LogP contribution in [0.5, 0.6) is 0 Å².